The van der Waals surface area contributed by atoms with E-state index in [1.807, 2.05) is 12.3 Å². The SMILES string of the molecule is COC1=C2CC[C@@H]3[C@H](CC[C@]4(C)/C(=C/c5ccccn5)CC[C@@H]34)[C@@]2(C)CCC1=O. The molecular weight excluding hydrogens is 358 g/mol. The van der Waals surface area contributed by atoms with E-state index in [1.54, 1.807) is 12.7 Å². The summed E-state index contributed by atoms with van der Waals surface area (Å²) in [6, 6.07) is 6.20. The monoisotopic (exact) mass is 391 g/mol. The Bertz CT molecular complexity index is 885. The lowest BCUT2D eigenvalue weighted by Crippen LogP contribution is -2.50. The molecule has 0 spiro atoms. The van der Waals surface area contributed by atoms with E-state index in [4.69, 9.17) is 4.74 Å². The molecule has 0 saturated heterocycles. The number of hydrogen-bond acceptors (Lipinski definition) is 3. The molecular formula is C26H33NO2. The fourth-order valence-corrected chi connectivity index (χ4v) is 7.63. The molecule has 0 N–H and O–H groups in total. The van der Waals surface area contributed by atoms with Crippen molar-refractivity contribution < 1.29 is 9.53 Å². The van der Waals surface area contributed by atoms with Gasteiger partial charge in [-0.1, -0.05) is 25.5 Å². The maximum atomic E-state index is 12.4. The minimum atomic E-state index is 0.150. The van der Waals surface area contributed by atoms with Gasteiger partial charge in [-0.2, -0.15) is 0 Å². The van der Waals surface area contributed by atoms with Crippen LogP contribution in [0, 0.1) is 28.6 Å². The predicted octanol–water partition coefficient (Wildman–Crippen LogP) is 5.97. The van der Waals surface area contributed by atoms with Gasteiger partial charge in [0.1, 0.15) is 0 Å². The number of aromatic nitrogens is 1. The van der Waals surface area contributed by atoms with Gasteiger partial charge in [0.2, 0.25) is 0 Å². The van der Waals surface area contributed by atoms with Crippen LogP contribution >= 0.6 is 0 Å². The van der Waals surface area contributed by atoms with Crippen molar-refractivity contribution in [1.82, 2.24) is 4.98 Å². The normalized spacial score (nSPS) is 40.4. The highest BCUT2D eigenvalue weighted by Gasteiger charge is 2.58. The lowest BCUT2D eigenvalue weighted by Gasteiger charge is -2.57. The number of hydrogen-bond donors (Lipinski definition) is 0. The van der Waals surface area contributed by atoms with Gasteiger partial charge < -0.3 is 4.74 Å². The number of fused-ring (bicyclic) bond motifs is 5. The third-order valence-electron chi connectivity index (χ3n) is 9.13. The molecule has 0 radical (unpaired) electrons. The first-order valence-electron chi connectivity index (χ1n) is 11.4. The Kier molecular flexibility index (Phi) is 4.49. The second-order valence-corrected chi connectivity index (χ2v) is 10.2. The third kappa shape index (κ3) is 2.76. The smallest absolute Gasteiger partial charge is 0.197 e. The largest absolute Gasteiger partial charge is 0.493 e. The van der Waals surface area contributed by atoms with Crippen LogP contribution in [-0.2, 0) is 9.53 Å². The summed E-state index contributed by atoms with van der Waals surface area (Å²) < 4.78 is 5.62. The number of allylic oxidation sites excluding steroid dienone is 2. The molecule has 0 aromatic carbocycles. The standard InChI is InChI=1S/C26H33NO2/c1-25-13-11-21-19(8-10-22-24(29-3)23(28)12-14-26(21,22)2)20(25)9-7-17(25)16-18-6-4-5-15-27-18/h4-6,15-16,19-21H,7-14H2,1-3H3/b17-16+/t19-,20-,21-,25+,26+/m0/s1. The van der Waals surface area contributed by atoms with E-state index in [-0.39, 0.29) is 11.2 Å². The topological polar surface area (TPSA) is 39.2 Å². The first-order valence-corrected chi connectivity index (χ1v) is 11.4. The molecule has 3 fully saturated rings. The zero-order valence-corrected chi connectivity index (χ0v) is 18.0. The van der Waals surface area contributed by atoms with Gasteiger partial charge >= 0.3 is 0 Å². The number of rotatable bonds is 2. The van der Waals surface area contributed by atoms with Crippen molar-refractivity contribution in [3.8, 4) is 0 Å². The van der Waals surface area contributed by atoms with Crippen LogP contribution in [0.3, 0.4) is 0 Å². The van der Waals surface area contributed by atoms with Crippen molar-refractivity contribution in [3.63, 3.8) is 0 Å². The molecule has 1 aromatic heterocycles. The Hall–Kier alpha value is -1.90. The van der Waals surface area contributed by atoms with Crippen molar-refractivity contribution >= 4 is 11.9 Å². The Morgan fingerprint density at radius 2 is 1.86 bits per heavy atom. The summed E-state index contributed by atoms with van der Waals surface area (Å²) >= 11 is 0. The van der Waals surface area contributed by atoms with E-state index in [0.29, 0.717) is 23.5 Å². The fraction of sp³-hybridized carbons (Fsp3) is 0.615. The van der Waals surface area contributed by atoms with E-state index in [9.17, 15) is 4.79 Å². The van der Waals surface area contributed by atoms with Crippen molar-refractivity contribution in [1.29, 1.82) is 0 Å². The van der Waals surface area contributed by atoms with E-state index in [0.717, 1.165) is 30.4 Å². The maximum absolute atomic E-state index is 12.4. The molecule has 0 amide bonds. The lowest BCUT2D eigenvalue weighted by molar-refractivity contribution is -0.122. The number of ketones is 1. The summed E-state index contributed by atoms with van der Waals surface area (Å²) in [5, 5.41) is 0. The van der Waals surface area contributed by atoms with Gasteiger partial charge in [-0.05, 0) is 97.3 Å². The van der Waals surface area contributed by atoms with Crippen LogP contribution in [-0.4, -0.2) is 17.9 Å². The summed E-state index contributed by atoms with van der Waals surface area (Å²) in [5.74, 6) is 3.15. The van der Waals surface area contributed by atoms with Gasteiger partial charge in [0, 0.05) is 12.6 Å². The zero-order chi connectivity index (χ0) is 20.2. The Morgan fingerprint density at radius 1 is 1.03 bits per heavy atom. The van der Waals surface area contributed by atoms with E-state index < -0.39 is 0 Å². The average Bonchev–Trinajstić information content (AvgIpc) is 3.05. The molecule has 0 bridgehead atoms. The number of carbonyl (C=O) groups excluding carboxylic acids is 1. The summed E-state index contributed by atoms with van der Waals surface area (Å²) in [6.45, 7) is 4.96. The zero-order valence-electron chi connectivity index (χ0n) is 18.0. The molecule has 5 rings (SSSR count). The third-order valence-corrected chi connectivity index (χ3v) is 9.13. The second kappa shape index (κ2) is 6.82. The second-order valence-electron chi connectivity index (χ2n) is 10.2. The maximum Gasteiger partial charge on any atom is 0.197 e. The molecule has 5 atom stereocenters. The van der Waals surface area contributed by atoms with Crippen LogP contribution in [0.4, 0.5) is 0 Å². The molecule has 3 saturated carbocycles. The van der Waals surface area contributed by atoms with Gasteiger partial charge in [0.25, 0.3) is 0 Å². The highest BCUT2D eigenvalue weighted by Crippen LogP contribution is 2.67. The molecule has 154 valence electrons. The molecule has 3 heteroatoms. The highest BCUT2D eigenvalue weighted by atomic mass is 16.5. The number of carbonyl (C=O) groups is 1. The molecule has 1 heterocycles. The first-order chi connectivity index (χ1) is 14.0. The van der Waals surface area contributed by atoms with Crippen molar-refractivity contribution in [3.05, 3.63) is 47.0 Å². The number of pyridine rings is 1. The number of Topliss-reactive ketones (excluding diaryl/α,β-unsaturated/α-hetero) is 1. The summed E-state index contributed by atoms with van der Waals surface area (Å²) in [7, 11) is 1.68. The molecule has 4 aliphatic carbocycles. The van der Waals surface area contributed by atoms with Gasteiger partial charge in [0.05, 0.1) is 12.8 Å². The quantitative estimate of drug-likeness (QED) is 0.623. The van der Waals surface area contributed by atoms with Gasteiger partial charge in [0.15, 0.2) is 11.5 Å². The van der Waals surface area contributed by atoms with Gasteiger partial charge in [-0.25, -0.2) is 0 Å². The molecule has 4 aliphatic rings. The Balaban J connectivity index is 1.48. The fourth-order valence-electron chi connectivity index (χ4n) is 7.63. The van der Waals surface area contributed by atoms with Crippen LogP contribution in [0.15, 0.2) is 41.3 Å². The highest BCUT2D eigenvalue weighted by molar-refractivity contribution is 5.95. The van der Waals surface area contributed by atoms with Crippen LogP contribution in [0.1, 0.15) is 70.9 Å². The van der Waals surface area contributed by atoms with Crippen molar-refractivity contribution in [2.24, 2.45) is 28.6 Å². The minimum Gasteiger partial charge on any atom is -0.493 e. The average molecular weight is 392 g/mol. The van der Waals surface area contributed by atoms with Crippen molar-refractivity contribution in [2.75, 3.05) is 7.11 Å². The van der Waals surface area contributed by atoms with Crippen LogP contribution in [0.2, 0.25) is 0 Å². The van der Waals surface area contributed by atoms with E-state index >= 15 is 0 Å². The molecule has 0 unspecified atom stereocenters. The van der Waals surface area contributed by atoms with Crippen LogP contribution in [0.25, 0.3) is 6.08 Å². The van der Waals surface area contributed by atoms with Crippen LogP contribution in [0.5, 0.6) is 0 Å². The summed E-state index contributed by atoms with van der Waals surface area (Å²) in [4.78, 5) is 17.0. The number of methoxy groups -OCH3 is 1. The van der Waals surface area contributed by atoms with Crippen molar-refractivity contribution in [2.45, 2.75) is 65.2 Å². The van der Waals surface area contributed by atoms with Gasteiger partial charge in [-0.15, -0.1) is 0 Å². The van der Waals surface area contributed by atoms with Crippen LogP contribution < -0.4 is 0 Å². The molecule has 29 heavy (non-hydrogen) atoms. The summed E-state index contributed by atoms with van der Waals surface area (Å²) in [6.07, 6.45) is 13.2. The molecule has 0 aliphatic heterocycles. The molecule has 1 aromatic rings. The summed E-state index contributed by atoms with van der Waals surface area (Å²) in [5.41, 5.74) is 4.51. The lowest BCUT2D eigenvalue weighted by atomic mass is 9.47. The minimum absolute atomic E-state index is 0.150. The number of ether oxygens (including phenoxy) is 1. The van der Waals surface area contributed by atoms with E-state index in [2.05, 4.69) is 37.0 Å². The molecule has 3 nitrogen and oxygen atoms in total. The van der Waals surface area contributed by atoms with Gasteiger partial charge in [-0.3, -0.25) is 9.78 Å². The predicted molar refractivity (Wildman–Crippen MR) is 115 cm³/mol. The first kappa shape index (κ1) is 19.1. The Labute approximate surface area is 174 Å². The van der Waals surface area contributed by atoms with E-state index in [1.165, 1.54) is 37.7 Å². The Morgan fingerprint density at radius 3 is 2.62 bits per heavy atom. The number of nitrogens with zero attached hydrogens (tertiary/aromatic N) is 1.